The minimum Gasteiger partial charge on any atom is -0.438 e. The van der Waals surface area contributed by atoms with Crippen LogP contribution in [0, 0.1) is 23.7 Å². The third-order valence-electron chi connectivity index (χ3n) is 9.11. The standard InChI is InChI=1S/C34H70N12O7/c1-18(2)11-24(45(16-38)30(48)23(10)44(15-37)33(51)27(21(7)8)42-13-35)28(47)29(41)53-34(52)25(12-19(3)4)46(17-39)31(49)22(9)43(14-36)32(50)26(40)20(5)6/h18-27,29,42H,11-17,35-41H2,1-10H3/t22-,23-,24-,25-,26+,27-,29-/m1/s1. The molecule has 0 fully saturated rings. The van der Waals surface area contributed by atoms with E-state index in [-0.39, 0.29) is 56.5 Å². The molecule has 308 valence electrons. The van der Waals surface area contributed by atoms with Gasteiger partial charge in [-0.25, -0.2) is 4.79 Å². The van der Waals surface area contributed by atoms with Crippen molar-refractivity contribution < 1.29 is 33.5 Å². The monoisotopic (exact) mass is 759 g/mol. The number of hydrogen-bond donors (Lipinski definition) is 8. The number of amides is 4. The summed E-state index contributed by atoms with van der Waals surface area (Å²) in [5.74, 6) is -5.00. The molecule has 53 heavy (non-hydrogen) atoms. The number of hydrogen-bond acceptors (Lipinski definition) is 15. The molecule has 0 bridgehead atoms. The van der Waals surface area contributed by atoms with Crippen molar-refractivity contribution in [2.45, 2.75) is 125 Å². The predicted octanol–water partition coefficient (Wildman–Crippen LogP) is -2.52. The Morgan fingerprint density at radius 1 is 0.547 bits per heavy atom. The molecule has 0 aliphatic rings. The van der Waals surface area contributed by atoms with Crippen LogP contribution < -0.4 is 45.5 Å². The van der Waals surface area contributed by atoms with E-state index >= 15 is 0 Å². The van der Waals surface area contributed by atoms with Gasteiger partial charge in [0.25, 0.3) is 0 Å². The number of nitrogens with zero attached hydrogens (tertiary/aromatic N) is 4. The Kier molecular flexibility index (Phi) is 22.0. The Morgan fingerprint density at radius 3 is 1.30 bits per heavy atom. The first-order valence-corrected chi connectivity index (χ1v) is 18.3. The highest BCUT2D eigenvalue weighted by atomic mass is 16.6. The van der Waals surface area contributed by atoms with Gasteiger partial charge in [0.05, 0.1) is 44.8 Å². The largest absolute Gasteiger partial charge is 0.438 e. The van der Waals surface area contributed by atoms with Crippen molar-refractivity contribution in [3.8, 4) is 0 Å². The van der Waals surface area contributed by atoms with E-state index in [9.17, 15) is 28.8 Å². The van der Waals surface area contributed by atoms with Crippen LogP contribution in [0.5, 0.6) is 0 Å². The predicted molar refractivity (Wildman–Crippen MR) is 202 cm³/mol. The molecule has 0 saturated heterocycles. The summed E-state index contributed by atoms with van der Waals surface area (Å²) in [5, 5.41) is 2.90. The van der Waals surface area contributed by atoms with Gasteiger partial charge in [0.1, 0.15) is 18.1 Å². The van der Waals surface area contributed by atoms with Crippen molar-refractivity contribution in [1.82, 2.24) is 24.9 Å². The van der Waals surface area contributed by atoms with Crippen LogP contribution in [0.15, 0.2) is 0 Å². The van der Waals surface area contributed by atoms with E-state index in [1.54, 1.807) is 27.7 Å². The van der Waals surface area contributed by atoms with Crippen LogP contribution in [0.25, 0.3) is 0 Å². The first-order chi connectivity index (χ1) is 24.6. The number of carbonyl (C=O) groups is 6. The highest BCUT2D eigenvalue weighted by Crippen LogP contribution is 2.20. The van der Waals surface area contributed by atoms with Gasteiger partial charge in [-0.2, -0.15) is 0 Å². The van der Waals surface area contributed by atoms with Crippen molar-refractivity contribution in [3.05, 3.63) is 0 Å². The van der Waals surface area contributed by atoms with Gasteiger partial charge in [-0.3, -0.25) is 35.0 Å². The fourth-order valence-corrected chi connectivity index (χ4v) is 5.85. The lowest BCUT2D eigenvalue weighted by molar-refractivity contribution is -0.167. The number of esters is 1. The Bertz CT molecular complexity index is 1200. The zero-order valence-corrected chi connectivity index (χ0v) is 33.5. The Hall–Kier alpha value is -3.30. The van der Waals surface area contributed by atoms with Gasteiger partial charge < -0.3 is 58.7 Å². The molecule has 19 nitrogen and oxygen atoms in total. The van der Waals surface area contributed by atoms with Crippen LogP contribution in [0.3, 0.4) is 0 Å². The summed E-state index contributed by atoms with van der Waals surface area (Å²) in [4.78, 5) is 86.4. The van der Waals surface area contributed by atoms with Crippen molar-refractivity contribution in [1.29, 1.82) is 0 Å². The first kappa shape index (κ1) is 49.7. The maximum Gasteiger partial charge on any atom is 0.330 e. The molecule has 0 heterocycles. The third-order valence-corrected chi connectivity index (χ3v) is 9.11. The van der Waals surface area contributed by atoms with Gasteiger partial charge in [0.15, 0.2) is 0 Å². The maximum atomic E-state index is 14.0. The number of ether oxygens (including phenoxy) is 1. The van der Waals surface area contributed by atoms with Gasteiger partial charge in [-0.1, -0.05) is 55.4 Å². The summed E-state index contributed by atoms with van der Waals surface area (Å²) in [7, 11) is 0. The van der Waals surface area contributed by atoms with Crippen molar-refractivity contribution in [2.75, 3.05) is 33.3 Å². The van der Waals surface area contributed by atoms with Crippen molar-refractivity contribution in [2.24, 2.45) is 63.8 Å². The van der Waals surface area contributed by atoms with Gasteiger partial charge in [-0.05, 0) is 50.4 Å². The minimum absolute atomic E-state index is 0.0128. The highest BCUT2D eigenvalue weighted by molar-refractivity contribution is 5.96. The summed E-state index contributed by atoms with van der Waals surface area (Å²) >= 11 is 0. The maximum absolute atomic E-state index is 14.0. The Balaban J connectivity index is 6.53. The fraction of sp³-hybridized carbons (Fsp3) is 0.824. The Morgan fingerprint density at radius 2 is 0.943 bits per heavy atom. The molecule has 0 spiro atoms. The summed E-state index contributed by atoms with van der Waals surface area (Å²) in [6, 6.07) is -6.52. The van der Waals surface area contributed by atoms with Crippen LogP contribution in [-0.2, 0) is 33.5 Å². The highest BCUT2D eigenvalue weighted by Gasteiger charge is 2.42. The number of carbonyl (C=O) groups excluding carboxylic acids is 6. The normalized spacial score (nSPS) is 15.7. The molecular weight excluding hydrogens is 688 g/mol. The van der Waals surface area contributed by atoms with Gasteiger partial charge in [-0.15, -0.1) is 0 Å². The average molecular weight is 759 g/mol. The van der Waals surface area contributed by atoms with E-state index in [1.807, 2.05) is 27.7 Å². The van der Waals surface area contributed by atoms with Crippen LogP contribution in [0.2, 0.25) is 0 Å². The summed E-state index contributed by atoms with van der Waals surface area (Å²) in [5.41, 5.74) is 41.8. The molecule has 0 aromatic carbocycles. The minimum atomic E-state index is -1.89. The van der Waals surface area contributed by atoms with Gasteiger partial charge >= 0.3 is 5.97 Å². The van der Waals surface area contributed by atoms with Crippen LogP contribution in [0.4, 0.5) is 0 Å². The lowest BCUT2D eigenvalue weighted by Crippen LogP contribution is -2.62. The molecule has 0 rings (SSSR count). The molecule has 0 aromatic rings. The van der Waals surface area contributed by atoms with Crippen LogP contribution >= 0.6 is 0 Å². The Labute approximate surface area is 315 Å². The summed E-state index contributed by atoms with van der Waals surface area (Å²) in [6.07, 6.45) is -1.73. The number of ketones is 1. The fourth-order valence-electron chi connectivity index (χ4n) is 5.85. The molecule has 0 unspecified atom stereocenters. The molecule has 7 atom stereocenters. The molecule has 0 aliphatic heterocycles. The zero-order valence-electron chi connectivity index (χ0n) is 33.5. The number of nitrogens with two attached hydrogens (primary N) is 7. The molecule has 4 amide bonds. The average Bonchev–Trinajstić information content (AvgIpc) is 3.08. The molecule has 0 aliphatic carbocycles. The lowest BCUT2D eigenvalue weighted by Gasteiger charge is -2.38. The second kappa shape index (κ2) is 23.5. The number of rotatable bonds is 24. The molecule has 19 heteroatoms. The van der Waals surface area contributed by atoms with E-state index in [2.05, 4.69) is 5.32 Å². The van der Waals surface area contributed by atoms with E-state index < -0.39 is 91.2 Å². The molecule has 0 aromatic heterocycles. The third kappa shape index (κ3) is 13.8. The zero-order chi connectivity index (χ0) is 41.5. The second-order valence-corrected chi connectivity index (χ2v) is 14.8. The molecule has 0 saturated carbocycles. The second-order valence-electron chi connectivity index (χ2n) is 14.8. The number of Topliss-reactive ketones (excluding diaryl/α,β-unsaturated/α-hetero) is 1. The summed E-state index contributed by atoms with van der Waals surface area (Å²) < 4.78 is 5.51. The van der Waals surface area contributed by atoms with E-state index in [0.29, 0.717) is 0 Å². The van der Waals surface area contributed by atoms with Gasteiger partial charge in [0.2, 0.25) is 35.6 Å². The van der Waals surface area contributed by atoms with Crippen molar-refractivity contribution in [3.63, 3.8) is 0 Å². The van der Waals surface area contributed by atoms with E-state index in [0.717, 1.165) is 14.7 Å². The van der Waals surface area contributed by atoms with Crippen LogP contribution in [-0.4, -0.2) is 131 Å². The van der Waals surface area contributed by atoms with Crippen molar-refractivity contribution >= 4 is 35.4 Å². The lowest BCUT2D eigenvalue weighted by atomic mass is 9.97. The van der Waals surface area contributed by atoms with E-state index in [1.165, 1.54) is 18.7 Å². The molecule has 0 radical (unpaired) electrons. The SMILES string of the molecule is CC(C)C[C@H](C(=O)O[C@@H](N)C(=O)[C@@H](CC(C)C)N(CN)C(=O)[C@@H](C)N(CN)C(=O)[C@H](NCN)C(C)C)N(CN)C(=O)[C@@H](C)N(CN)C(=O)[C@@H](N)C(C)C. The molecular formula is C34H70N12O7. The molecule has 15 N–H and O–H groups in total. The van der Waals surface area contributed by atoms with Gasteiger partial charge in [0, 0.05) is 6.67 Å². The number of nitrogens with one attached hydrogen (secondary N) is 1. The topological polar surface area (TPSA) is 319 Å². The van der Waals surface area contributed by atoms with Crippen LogP contribution in [0.1, 0.15) is 82.1 Å². The summed E-state index contributed by atoms with van der Waals surface area (Å²) in [6.45, 7) is 15.8. The smallest absolute Gasteiger partial charge is 0.330 e. The first-order valence-electron chi connectivity index (χ1n) is 18.3. The quantitative estimate of drug-likeness (QED) is 0.0372. The van der Waals surface area contributed by atoms with E-state index in [4.69, 9.17) is 44.9 Å².